The third kappa shape index (κ3) is 14.2. The van der Waals surface area contributed by atoms with E-state index in [9.17, 15) is 0 Å². The molecule has 0 nitrogen and oxygen atoms in total. The molecule has 0 aromatic rings. The maximum absolute atomic E-state index is 2.35. The van der Waals surface area contributed by atoms with Crippen molar-refractivity contribution >= 4 is 49.8 Å². The lowest BCUT2D eigenvalue weighted by Gasteiger charge is -2.29. The van der Waals surface area contributed by atoms with E-state index in [-0.39, 0.29) is 49.8 Å². The zero-order chi connectivity index (χ0) is 16.6. The van der Waals surface area contributed by atoms with Crippen molar-refractivity contribution in [3.05, 3.63) is 0 Å². The zero-order valence-corrected chi connectivity index (χ0v) is 22.4. The minimum Gasteiger partial charge on any atom is -0.114 e. The topological polar surface area (TPSA) is 0 Å². The van der Waals surface area contributed by atoms with Gasteiger partial charge in [0.2, 0.25) is 0 Å². The summed E-state index contributed by atoms with van der Waals surface area (Å²) in [6.45, 7) is 28.2. The predicted molar refractivity (Wildman–Crippen MR) is 125 cm³/mol. The molecule has 0 aromatic heterocycles. The van der Waals surface area contributed by atoms with Crippen LogP contribution in [-0.4, -0.2) is 34.0 Å². The molecule has 0 bridgehead atoms. The first-order valence-corrected chi connectivity index (χ1v) is 11.6. The molecule has 22 heavy (non-hydrogen) atoms. The molecule has 0 saturated heterocycles. The highest BCUT2D eigenvalue weighted by Gasteiger charge is 2.20. The van der Waals surface area contributed by atoms with Gasteiger partial charge in [0.05, 0.1) is 0 Å². The standard InChI is InChI=1S/2C9H21P.2BrH/c2*1-7(2)10(8(3)4)9(5)6;;/h2*7-9H,1-6H3;2*1H. The van der Waals surface area contributed by atoms with Crippen LogP contribution in [0.3, 0.4) is 0 Å². The van der Waals surface area contributed by atoms with E-state index in [1.807, 2.05) is 0 Å². The Morgan fingerprint density at radius 2 is 0.409 bits per heavy atom. The van der Waals surface area contributed by atoms with E-state index in [4.69, 9.17) is 0 Å². The van der Waals surface area contributed by atoms with E-state index in [0.717, 1.165) is 34.0 Å². The molecule has 0 aliphatic carbocycles. The van der Waals surface area contributed by atoms with Crippen LogP contribution in [0.25, 0.3) is 0 Å². The van der Waals surface area contributed by atoms with E-state index in [0.29, 0.717) is 0 Å². The van der Waals surface area contributed by atoms with Crippen LogP contribution in [0.5, 0.6) is 0 Å². The average Bonchev–Trinajstić information content (AvgIpc) is 2.12. The fraction of sp³-hybridized carbons (Fsp3) is 1.00. The van der Waals surface area contributed by atoms with Gasteiger partial charge in [-0.25, -0.2) is 0 Å². The monoisotopic (exact) mass is 480 g/mol. The summed E-state index contributed by atoms with van der Waals surface area (Å²) < 4.78 is 0. The fourth-order valence-corrected chi connectivity index (χ4v) is 10.7. The number of hydrogen-bond acceptors (Lipinski definition) is 0. The van der Waals surface area contributed by atoms with Crippen LogP contribution >= 0.6 is 49.8 Å². The van der Waals surface area contributed by atoms with Gasteiger partial charge in [-0.05, 0) is 34.0 Å². The summed E-state index contributed by atoms with van der Waals surface area (Å²) >= 11 is 0. The van der Waals surface area contributed by atoms with Gasteiger partial charge in [0.15, 0.2) is 0 Å². The highest BCUT2D eigenvalue weighted by Crippen LogP contribution is 2.50. The molecular weight excluding hydrogens is 438 g/mol. The highest BCUT2D eigenvalue weighted by atomic mass is 79.9. The Morgan fingerprint density at radius 3 is 0.409 bits per heavy atom. The number of hydrogen-bond donors (Lipinski definition) is 0. The van der Waals surface area contributed by atoms with Crippen molar-refractivity contribution in [2.45, 2.75) is 117 Å². The Kier molecular flexibility index (Phi) is 23.4. The summed E-state index contributed by atoms with van der Waals surface area (Å²) in [6, 6.07) is 0. The van der Waals surface area contributed by atoms with Crippen molar-refractivity contribution in [2.75, 3.05) is 0 Å². The van der Waals surface area contributed by atoms with Crippen LogP contribution in [0.15, 0.2) is 0 Å². The number of rotatable bonds is 6. The van der Waals surface area contributed by atoms with Gasteiger partial charge in [0.1, 0.15) is 0 Å². The second-order valence-corrected chi connectivity index (χ2v) is 15.4. The van der Waals surface area contributed by atoms with Crippen molar-refractivity contribution in [3.63, 3.8) is 0 Å². The minimum absolute atomic E-state index is 0. The Labute approximate surface area is 166 Å². The summed E-state index contributed by atoms with van der Waals surface area (Å²) in [6.07, 6.45) is 0. The molecule has 0 saturated carbocycles. The van der Waals surface area contributed by atoms with Gasteiger partial charge in [-0.3, -0.25) is 0 Å². The third-order valence-electron chi connectivity index (χ3n) is 3.58. The van der Waals surface area contributed by atoms with Crippen LogP contribution in [0.2, 0.25) is 0 Å². The third-order valence-corrected chi connectivity index (χ3v) is 10.7. The lowest BCUT2D eigenvalue weighted by molar-refractivity contribution is 0.946. The molecule has 0 aliphatic rings. The van der Waals surface area contributed by atoms with Crippen molar-refractivity contribution in [2.24, 2.45) is 0 Å². The van der Waals surface area contributed by atoms with Gasteiger partial charge in [0.25, 0.3) is 0 Å². The molecule has 0 amide bonds. The molecule has 0 spiro atoms. The molecule has 0 aromatic carbocycles. The second-order valence-electron chi connectivity index (χ2n) is 7.46. The van der Waals surface area contributed by atoms with Gasteiger partial charge in [-0.1, -0.05) is 98.9 Å². The maximum Gasteiger partial charge on any atom is -0.0261 e. The van der Waals surface area contributed by atoms with E-state index >= 15 is 0 Å². The second kappa shape index (κ2) is 16.3. The van der Waals surface area contributed by atoms with E-state index < -0.39 is 0 Å². The van der Waals surface area contributed by atoms with Crippen molar-refractivity contribution in [1.29, 1.82) is 0 Å². The number of halogens is 2. The largest absolute Gasteiger partial charge is 0.114 e. The van der Waals surface area contributed by atoms with Crippen LogP contribution in [0, 0.1) is 0 Å². The molecule has 4 heteroatoms. The SMILES string of the molecule is Br.Br.CC(C)P(C(C)C)C(C)C.CC(C)P(C(C)C)C(C)C. The Balaban J connectivity index is -0.000000135. The maximum atomic E-state index is 2.35. The minimum atomic E-state index is 0. The molecule has 0 rings (SSSR count). The predicted octanol–water partition coefficient (Wildman–Crippen LogP) is 8.54. The van der Waals surface area contributed by atoms with E-state index in [1.165, 1.54) is 0 Å². The Bertz CT molecular complexity index is 165. The molecule has 0 aliphatic heterocycles. The molecule has 0 heterocycles. The van der Waals surface area contributed by atoms with Crippen molar-refractivity contribution in [1.82, 2.24) is 0 Å². The molecule has 0 fully saturated rings. The Hall–Kier alpha value is 1.82. The highest BCUT2D eigenvalue weighted by molar-refractivity contribution is 8.93. The van der Waals surface area contributed by atoms with Gasteiger partial charge >= 0.3 is 0 Å². The molecule has 0 N–H and O–H groups in total. The van der Waals surface area contributed by atoms with Crippen LogP contribution in [0.1, 0.15) is 83.1 Å². The van der Waals surface area contributed by atoms with Gasteiger partial charge < -0.3 is 0 Å². The van der Waals surface area contributed by atoms with Crippen LogP contribution in [0.4, 0.5) is 0 Å². The van der Waals surface area contributed by atoms with Gasteiger partial charge in [0, 0.05) is 0 Å². The molecular formula is C18H44Br2P2. The van der Waals surface area contributed by atoms with Crippen molar-refractivity contribution < 1.29 is 0 Å². The summed E-state index contributed by atoms with van der Waals surface area (Å²) in [5.74, 6) is 0. The first kappa shape index (κ1) is 31.6. The normalized spacial score (nSPS) is 11.5. The average molecular weight is 482 g/mol. The van der Waals surface area contributed by atoms with Crippen LogP contribution in [-0.2, 0) is 0 Å². The molecule has 0 unspecified atom stereocenters. The lowest BCUT2D eigenvalue weighted by Crippen LogP contribution is -2.10. The first-order chi connectivity index (χ1) is 8.93. The summed E-state index contributed by atoms with van der Waals surface area (Å²) in [7, 11) is 0.525. The molecule has 0 radical (unpaired) electrons. The Morgan fingerprint density at radius 1 is 0.318 bits per heavy atom. The van der Waals surface area contributed by atoms with Crippen LogP contribution < -0.4 is 0 Å². The summed E-state index contributed by atoms with van der Waals surface area (Å²) in [5.41, 5.74) is 5.39. The van der Waals surface area contributed by atoms with E-state index in [1.54, 1.807) is 0 Å². The fourth-order valence-electron chi connectivity index (χ4n) is 3.58. The summed E-state index contributed by atoms with van der Waals surface area (Å²) in [4.78, 5) is 0. The molecule has 0 atom stereocenters. The van der Waals surface area contributed by atoms with Gasteiger partial charge in [-0.15, -0.1) is 34.0 Å². The quantitative estimate of drug-likeness (QED) is 0.333. The zero-order valence-electron chi connectivity index (χ0n) is 17.2. The lowest BCUT2D eigenvalue weighted by atomic mass is 10.5. The van der Waals surface area contributed by atoms with Crippen molar-refractivity contribution in [3.8, 4) is 0 Å². The van der Waals surface area contributed by atoms with Gasteiger partial charge in [-0.2, -0.15) is 0 Å². The molecule has 140 valence electrons. The summed E-state index contributed by atoms with van der Waals surface area (Å²) in [5, 5.41) is 0. The van der Waals surface area contributed by atoms with E-state index in [2.05, 4.69) is 83.1 Å². The smallest absolute Gasteiger partial charge is 0.0261 e. The first-order valence-electron chi connectivity index (χ1n) is 8.48.